The fourth-order valence-electron chi connectivity index (χ4n) is 3.90. The highest BCUT2D eigenvalue weighted by Crippen LogP contribution is 2.28. The van der Waals surface area contributed by atoms with Crippen LogP contribution in [0.5, 0.6) is 0 Å². The summed E-state index contributed by atoms with van der Waals surface area (Å²) in [4.78, 5) is 29.5. The van der Waals surface area contributed by atoms with E-state index in [-0.39, 0.29) is 24.9 Å². The third kappa shape index (κ3) is 3.75. The van der Waals surface area contributed by atoms with E-state index in [9.17, 15) is 4.79 Å². The highest BCUT2D eigenvalue weighted by molar-refractivity contribution is 5.86. The molecule has 5 rings (SSSR count). The Kier molecular flexibility index (Phi) is 4.87. The summed E-state index contributed by atoms with van der Waals surface area (Å²) in [5.74, 6) is 0.779. The quantitative estimate of drug-likeness (QED) is 0.516. The number of aromatic nitrogens is 3. The Hall–Kier alpha value is -3.72. The van der Waals surface area contributed by atoms with Gasteiger partial charge in [0, 0.05) is 32.6 Å². The van der Waals surface area contributed by atoms with Gasteiger partial charge in [-0.3, -0.25) is 9.78 Å². The number of nitrogens with zero attached hydrogens (tertiary/aromatic N) is 5. The van der Waals surface area contributed by atoms with Crippen molar-refractivity contribution in [2.24, 2.45) is 0 Å². The number of amides is 1. The minimum atomic E-state index is -0.117. The second-order valence-electron chi connectivity index (χ2n) is 7.51. The van der Waals surface area contributed by atoms with Gasteiger partial charge in [-0.25, -0.2) is 4.98 Å². The van der Waals surface area contributed by atoms with E-state index in [1.54, 1.807) is 11.1 Å². The van der Waals surface area contributed by atoms with Crippen molar-refractivity contribution >= 4 is 39.9 Å². The Bertz CT molecular complexity index is 1260. The first-order valence-corrected chi connectivity index (χ1v) is 10.2. The lowest BCUT2D eigenvalue weighted by Crippen LogP contribution is -2.49. The van der Waals surface area contributed by atoms with E-state index in [0.717, 1.165) is 28.0 Å². The Balaban J connectivity index is 1.40. The lowest BCUT2D eigenvalue weighted by Gasteiger charge is -2.35. The molecular formula is C22H22N6O3. The molecule has 0 aliphatic carbocycles. The van der Waals surface area contributed by atoms with E-state index in [1.165, 1.54) is 0 Å². The fraction of sp³-hybridized carbons (Fsp3) is 0.273. The van der Waals surface area contributed by atoms with Crippen LogP contribution in [0.25, 0.3) is 33.3 Å². The normalized spacial score (nSPS) is 14.5. The minimum absolute atomic E-state index is 0.0118. The SMILES string of the molecule is Nc1nc2cc(-c3ccc4ncc(N5CCN(C(=O)CCO)CC5)nc4c3)ccc2o1. The molecule has 0 spiro atoms. The number of nitrogens with two attached hydrogens (primary N) is 1. The van der Waals surface area contributed by atoms with E-state index in [1.807, 2.05) is 36.4 Å². The number of aliphatic hydroxyl groups is 1. The van der Waals surface area contributed by atoms with Gasteiger partial charge in [-0.2, -0.15) is 4.98 Å². The van der Waals surface area contributed by atoms with Gasteiger partial charge in [-0.1, -0.05) is 12.1 Å². The molecule has 1 fully saturated rings. The Morgan fingerprint density at radius 3 is 2.52 bits per heavy atom. The lowest BCUT2D eigenvalue weighted by atomic mass is 10.0. The smallest absolute Gasteiger partial charge is 0.292 e. The number of piperazine rings is 1. The Morgan fingerprint density at radius 2 is 1.74 bits per heavy atom. The topological polar surface area (TPSA) is 122 Å². The Morgan fingerprint density at radius 1 is 1.00 bits per heavy atom. The zero-order chi connectivity index (χ0) is 21.4. The first-order valence-electron chi connectivity index (χ1n) is 10.2. The molecule has 0 radical (unpaired) electrons. The van der Waals surface area contributed by atoms with Crippen LogP contribution in [-0.4, -0.2) is 63.7 Å². The van der Waals surface area contributed by atoms with Gasteiger partial charge in [0.25, 0.3) is 6.01 Å². The maximum Gasteiger partial charge on any atom is 0.292 e. The molecule has 3 N–H and O–H groups in total. The van der Waals surface area contributed by atoms with Crippen molar-refractivity contribution in [3.8, 4) is 11.1 Å². The zero-order valence-electron chi connectivity index (χ0n) is 16.9. The van der Waals surface area contributed by atoms with Gasteiger partial charge < -0.3 is 25.1 Å². The summed E-state index contributed by atoms with van der Waals surface area (Å²) in [6, 6.07) is 11.9. The molecule has 31 heavy (non-hydrogen) atoms. The minimum Gasteiger partial charge on any atom is -0.424 e. The maximum absolute atomic E-state index is 12.0. The molecule has 158 valence electrons. The van der Waals surface area contributed by atoms with Crippen LogP contribution in [0.1, 0.15) is 6.42 Å². The molecule has 1 aliphatic heterocycles. The van der Waals surface area contributed by atoms with E-state index >= 15 is 0 Å². The molecule has 3 heterocycles. The average Bonchev–Trinajstić information content (AvgIpc) is 3.18. The number of carbonyl (C=O) groups is 1. The van der Waals surface area contributed by atoms with Crippen molar-refractivity contribution in [2.75, 3.05) is 43.4 Å². The van der Waals surface area contributed by atoms with Crippen LogP contribution in [-0.2, 0) is 4.79 Å². The van der Waals surface area contributed by atoms with Crippen LogP contribution in [0, 0.1) is 0 Å². The number of hydrogen-bond acceptors (Lipinski definition) is 8. The van der Waals surface area contributed by atoms with Gasteiger partial charge in [0.15, 0.2) is 5.58 Å². The van der Waals surface area contributed by atoms with Crippen LogP contribution in [0.2, 0.25) is 0 Å². The van der Waals surface area contributed by atoms with E-state index in [2.05, 4.69) is 14.9 Å². The predicted molar refractivity (Wildman–Crippen MR) is 117 cm³/mol. The number of nitrogen functional groups attached to an aromatic ring is 1. The third-order valence-corrected chi connectivity index (χ3v) is 5.55. The van der Waals surface area contributed by atoms with E-state index < -0.39 is 0 Å². The van der Waals surface area contributed by atoms with Gasteiger partial charge >= 0.3 is 0 Å². The third-order valence-electron chi connectivity index (χ3n) is 5.55. The molecule has 0 unspecified atom stereocenters. The van der Waals surface area contributed by atoms with Gasteiger partial charge in [0.2, 0.25) is 5.91 Å². The van der Waals surface area contributed by atoms with E-state index in [4.69, 9.17) is 20.2 Å². The molecule has 9 heteroatoms. The van der Waals surface area contributed by atoms with Crippen molar-refractivity contribution in [3.05, 3.63) is 42.6 Å². The summed E-state index contributed by atoms with van der Waals surface area (Å²) in [6.07, 6.45) is 1.95. The molecule has 1 amide bonds. The van der Waals surface area contributed by atoms with Crippen LogP contribution in [0.15, 0.2) is 47.0 Å². The molecule has 2 aromatic heterocycles. The second kappa shape index (κ2) is 7.84. The number of hydrogen-bond donors (Lipinski definition) is 2. The number of benzene rings is 2. The summed E-state index contributed by atoms with van der Waals surface area (Å²) >= 11 is 0. The van der Waals surface area contributed by atoms with Crippen molar-refractivity contribution in [1.29, 1.82) is 0 Å². The van der Waals surface area contributed by atoms with Gasteiger partial charge in [0.1, 0.15) is 11.3 Å². The monoisotopic (exact) mass is 418 g/mol. The standard InChI is InChI=1S/C22H22N6O3/c23-22-26-18-12-15(2-4-19(18)31-22)14-1-3-16-17(11-14)25-20(13-24-16)27-6-8-28(9-7-27)21(30)5-10-29/h1-4,11-13,29H,5-10H2,(H2,23,26). The van der Waals surface area contributed by atoms with Crippen molar-refractivity contribution in [1.82, 2.24) is 19.9 Å². The maximum atomic E-state index is 12.0. The summed E-state index contributed by atoms with van der Waals surface area (Å²) in [5, 5.41) is 8.97. The summed E-state index contributed by atoms with van der Waals surface area (Å²) < 4.78 is 5.35. The number of aliphatic hydroxyl groups excluding tert-OH is 1. The summed E-state index contributed by atoms with van der Waals surface area (Å²) in [7, 11) is 0. The fourth-order valence-corrected chi connectivity index (χ4v) is 3.90. The summed E-state index contributed by atoms with van der Waals surface area (Å²) in [6.45, 7) is 2.47. The molecular weight excluding hydrogens is 396 g/mol. The molecule has 0 atom stereocenters. The largest absolute Gasteiger partial charge is 0.424 e. The average molecular weight is 418 g/mol. The Labute approximate surface area is 178 Å². The zero-order valence-corrected chi connectivity index (χ0v) is 16.9. The number of oxazole rings is 1. The van der Waals surface area contributed by atoms with E-state index in [0.29, 0.717) is 37.3 Å². The predicted octanol–water partition coefficient (Wildman–Crippen LogP) is 2.05. The van der Waals surface area contributed by atoms with Crippen molar-refractivity contribution in [3.63, 3.8) is 0 Å². The van der Waals surface area contributed by atoms with Crippen molar-refractivity contribution in [2.45, 2.75) is 6.42 Å². The highest BCUT2D eigenvalue weighted by atomic mass is 16.4. The molecule has 4 aromatic rings. The highest BCUT2D eigenvalue weighted by Gasteiger charge is 2.22. The second-order valence-corrected chi connectivity index (χ2v) is 7.51. The molecule has 9 nitrogen and oxygen atoms in total. The van der Waals surface area contributed by atoms with Crippen molar-refractivity contribution < 1.29 is 14.3 Å². The molecule has 1 saturated heterocycles. The van der Waals surface area contributed by atoms with Gasteiger partial charge in [0.05, 0.1) is 23.8 Å². The number of fused-ring (bicyclic) bond motifs is 2. The van der Waals surface area contributed by atoms with Crippen LogP contribution < -0.4 is 10.6 Å². The number of rotatable bonds is 4. The molecule has 0 saturated carbocycles. The van der Waals surface area contributed by atoms with Crippen LogP contribution >= 0.6 is 0 Å². The first kappa shape index (κ1) is 19.3. The number of carbonyl (C=O) groups excluding carboxylic acids is 1. The van der Waals surface area contributed by atoms with Crippen LogP contribution in [0.4, 0.5) is 11.8 Å². The van der Waals surface area contributed by atoms with Gasteiger partial charge in [-0.15, -0.1) is 0 Å². The first-order chi connectivity index (χ1) is 15.1. The van der Waals surface area contributed by atoms with Crippen LogP contribution in [0.3, 0.4) is 0 Å². The lowest BCUT2D eigenvalue weighted by molar-refractivity contribution is -0.132. The molecule has 0 bridgehead atoms. The molecule has 1 aliphatic rings. The molecule has 2 aromatic carbocycles. The van der Waals surface area contributed by atoms with Gasteiger partial charge in [-0.05, 0) is 35.4 Å². The summed E-state index contributed by atoms with van der Waals surface area (Å²) in [5.41, 5.74) is 10.6. The number of anilines is 2.